The summed E-state index contributed by atoms with van der Waals surface area (Å²) in [4.78, 5) is 14.2. The van der Waals surface area contributed by atoms with Crippen LogP contribution >= 0.6 is 16.1 Å². The summed E-state index contributed by atoms with van der Waals surface area (Å²) in [6, 6.07) is 10.3. The van der Waals surface area contributed by atoms with E-state index in [0.717, 1.165) is 25.9 Å². The van der Waals surface area contributed by atoms with Crippen LogP contribution in [0.3, 0.4) is 0 Å². The molecule has 1 fully saturated rings. The highest BCUT2D eigenvalue weighted by molar-refractivity contribution is 9.07. The predicted octanol–water partition coefficient (Wildman–Crippen LogP) is 2.46. The number of amides is 1. The van der Waals surface area contributed by atoms with Gasteiger partial charge in [-0.2, -0.15) is 0 Å². The lowest BCUT2D eigenvalue weighted by atomic mass is 9.90. The number of piperazine rings is 1. The molecule has 0 spiro atoms. The molecule has 18 heavy (non-hydrogen) atoms. The van der Waals surface area contributed by atoms with E-state index in [1.54, 1.807) is 0 Å². The summed E-state index contributed by atoms with van der Waals surface area (Å²) in [7, 11) is 1.88. The molecule has 1 heterocycles. The smallest absolute Gasteiger partial charge is 0.243 e. The zero-order valence-electron chi connectivity index (χ0n) is 10.9. The molecular weight excluding hydrogens is 292 g/mol. The zero-order valence-corrected chi connectivity index (χ0v) is 12.5. The molecule has 0 bridgehead atoms. The molecule has 0 N–H and O–H groups in total. The van der Waals surface area contributed by atoms with E-state index in [1.807, 2.05) is 41.0 Å². The minimum atomic E-state index is -0.442. The van der Waals surface area contributed by atoms with Gasteiger partial charge in [-0.05, 0) is 25.3 Å². The topological polar surface area (TPSA) is 23.6 Å². The summed E-state index contributed by atoms with van der Waals surface area (Å²) in [6.45, 7) is 3.67. The third-order valence-electron chi connectivity index (χ3n) is 3.72. The lowest BCUT2D eigenvalue weighted by Crippen LogP contribution is -2.60. The molecule has 1 aromatic carbocycles. The first kappa shape index (κ1) is 13.6. The molecule has 0 radical (unpaired) electrons. The van der Waals surface area contributed by atoms with Gasteiger partial charge in [0.25, 0.3) is 0 Å². The molecule has 1 saturated heterocycles. The first-order valence-electron chi connectivity index (χ1n) is 6.27. The number of halogens is 1. The van der Waals surface area contributed by atoms with Crippen molar-refractivity contribution in [2.75, 3.05) is 20.1 Å². The van der Waals surface area contributed by atoms with Crippen molar-refractivity contribution in [2.24, 2.45) is 0 Å². The van der Waals surface area contributed by atoms with Crippen molar-refractivity contribution in [3.05, 3.63) is 35.9 Å². The second-order valence-corrected chi connectivity index (χ2v) is 5.93. The van der Waals surface area contributed by atoms with Crippen molar-refractivity contribution in [3.8, 4) is 0 Å². The molecule has 4 heteroatoms. The number of hydrogen-bond acceptors (Lipinski definition) is 2. The molecule has 1 amide bonds. The second-order valence-electron chi connectivity index (χ2n) is 5.07. The van der Waals surface area contributed by atoms with E-state index < -0.39 is 5.54 Å². The standard InChI is InChI=1S/C14H19BrN2O/c1-14(9-8-12-6-4-3-5-7-12)13(18)16(2)10-11-17(14)15/h3-7H,8-11H2,1-2H3. The number of rotatable bonds is 3. The van der Waals surface area contributed by atoms with Crippen molar-refractivity contribution < 1.29 is 4.79 Å². The lowest BCUT2D eigenvalue weighted by Gasteiger charge is -2.43. The van der Waals surface area contributed by atoms with Crippen molar-refractivity contribution in [3.63, 3.8) is 0 Å². The molecule has 3 nitrogen and oxygen atoms in total. The number of nitrogens with zero attached hydrogens (tertiary/aromatic N) is 2. The molecule has 1 aliphatic rings. The van der Waals surface area contributed by atoms with E-state index in [2.05, 4.69) is 28.3 Å². The highest BCUT2D eigenvalue weighted by atomic mass is 79.9. The van der Waals surface area contributed by atoms with Gasteiger partial charge in [0.15, 0.2) is 0 Å². The van der Waals surface area contributed by atoms with Crippen LogP contribution in [-0.2, 0) is 11.2 Å². The van der Waals surface area contributed by atoms with Crippen LogP contribution in [0, 0.1) is 0 Å². The fourth-order valence-corrected chi connectivity index (χ4v) is 2.85. The van der Waals surface area contributed by atoms with Gasteiger partial charge in [0.1, 0.15) is 5.54 Å². The largest absolute Gasteiger partial charge is 0.343 e. The third kappa shape index (κ3) is 2.59. The van der Waals surface area contributed by atoms with Crippen LogP contribution in [0.25, 0.3) is 0 Å². The minimum absolute atomic E-state index is 0.196. The molecule has 1 aliphatic heterocycles. The van der Waals surface area contributed by atoms with E-state index in [4.69, 9.17) is 0 Å². The van der Waals surface area contributed by atoms with Crippen LogP contribution in [0.2, 0.25) is 0 Å². The summed E-state index contributed by atoms with van der Waals surface area (Å²) in [5.74, 6) is 0.196. The molecule has 0 aromatic heterocycles. The maximum atomic E-state index is 12.3. The van der Waals surface area contributed by atoms with E-state index in [9.17, 15) is 4.79 Å². The number of hydrogen-bond donors (Lipinski definition) is 0. The average molecular weight is 311 g/mol. The Kier molecular flexibility index (Phi) is 4.07. The van der Waals surface area contributed by atoms with E-state index in [0.29, 0.717) is 0 Å². The highest BCUT2D eigenvalue weighted by Gasteiger charge is 2.43. The molecule has 1 aromatic rings. The fourth-order valence-electron chi connectivity index (χ4n) is 2.36. The molecule has 1 unspecified atom stereocenters. The lowest BCUT2D eigenvalue weighted by molar-refractivity contribution is -0.143. The first-order chi connectivity index (χ1) is 8.54. The monoisotopic (exact) mass is 310 g/mol. The molecule has 1 atom stereocenters. The van der Waals surface area contributed by atoms with Crippen molar-refractivity contribution in [2.45, 2.75) is 25.3 Å². The maximum absolute atomic E-state index is 12.3. The van der Waals surface area contributed by atoms with Crippen LogP contribution in [0.15, 0.2) is 30.3 Å². The quantitative estimate of drug-likeness (QED) is 0.801. The van der Waals surface area contributed by atoms with Crippen molar-refractivity contribution in [1.29, 1.82) is 0 Å². The number of likely N-dealkylation sites (N-methyl/N-ethyl adjacent to an activating group) is 1. The van der Waals surface area contributed by atoms with Gasteiger partial charge >= 0.3 is 0 Å². The second kappa shape index (κ2) is 5.41. The maximum Gasteiger partial charge on any atom is 0.243 e. The third-order valence-corrected chi connectivity index (χ3v) is 4.86. The molecular formula is C14H19BrN2O. The summed E-state index contributed by atoms with van der Waals surface area (Å²) in [6.07, 6.45) is 1.74. The van der Waals surface area contributed by atoms with Gasteiger partial charge in [-0.3, -0.25) is 4.79 Å². The van der Waals surface area contributed by atoms with Gasteiger partial charge in [0.2, 0.25) is 5.91 Å². The molecule has 2 rings (SSSR count). The number of carbonyl (C=O) groups is 1. The van der Waals surface area contributed by atoms with Crippen LogP contribution < -0.4 is 0 Å². The van der Waals surface area contributed by atoms with Gasteiger partial charge in [0.05, 0.1) is 0 Å². The first-order valence-corrected chi connectivity index (χ1v) is 6.98. The average Bonchev–Trinajstić information content (AvgIpc) is 2.40. The van der Waals surface area contributed by atoms with Gasteiger partial charge in [-0.1, -0.05) is 30.3 Å². The number of benzene rings is 1. The Morgan fingerprint density at radius 1 is 1.28 bits per heavy atom. The molecule has 0 aliphatic carbocycles. The van der Waals surface area contributed by atoms with Crippen LogP contribution in [0.5, 0.6) is 0 Å². The molecule has 98 valence electrons. The number of aryl methyl sites for hydroxylation is 1. The Hall–Kier alpha value is -0.870. The normalized spacial score (nSPS) is 25.5. The Labute approximate surface area is 117 Å². The predicted molar refractivity (Wildman–Crippen MR) is 76.4 cm³/mol. The molecule has 0 saturated carbocycles. The van der Waals surface area contributed by atoms with Gasteiger partial charge in [-0.15, -0.1) is 0 Å². The fraction of sp³-hybridized carbons (Fsp3) is 0.500. The minimum Gasteiger partial charge on any atom is -0.343 e. The Balaban J connectivity index is 2.08. The Bertz CT molecular complexity index is 423. The number of carbonyl (C=O) groups excluding carboxylic acids is 1. The van der Waals surface area contributed by atoms with E-state index in [-0.39, 0.29) is 5.91 Å². The summed E-state index contributed by atoms with van der Waals surface area (Å²) >= 11 is 3.54. The van der Waals surface area contributed by atoms with E-state index in [1.165, 1.54) is 5.56 Å². The summed E-state index contributed by atoms with van der Waals surface area (Å²) < 4.78 is 2.01. The van der Waals surface area contributed by atoms with Gasteiger partial charge < -0.3 is 4.90 Å². The Morgan fingerprint density at radius 3 is 2.61 bits per heavy atom. The Morgan fingerprint density at radius 2 is 1.94 bits per heavy atom. The van der Waals surface area contributed by atoms with E-state index >= 15 is 0 Å². The summed E-state index contributed by atoms with van der Waals surface area (Å²) in [5, 5.41) is 0. The van der Waals surface area contributed by atoms with Crippen molar-refractivity contribution in [1.82, 2.24) is 8.83 Å². The van der Waals surface area contributed by atoms with Crippen LogP contribution in [0.1, 0.15) is 18.9 Å². The highest BCUT2D eigenvalue weighted by Crippen LogP contribution is 2.30. The van der Waals surface area contributed by atoms with Gasteiger partial charge in [0, 0.05) is 36.3 Å². The zero-order chi connectivity index (χ0) is 13.2. The van der Waals surface area contributed by atoms with Gasteiger partial charge in [-0.25, -0.2) is 3.93 Å². The van der Waals surface area contributed by atoms with Crippen molar-refractivity contribution >= 4 is 22.1 Å². The van der Waals surface area contributed by atoms with Crippen LogP contribution in [0.4, 0.5) is 0 Å². The van der Waals surface area contributed by atoms with Crippen LogP contribution in [-0.4, -0.2) is 40.4 Å². The summed E-state index contributed by atoms with van der Waals surface area (Å²) in [5.41, 5.74) is 0.837. The SMILES string of the molecule is CN1CCN(Br)C(C)(CCc2ccccc2)C1=O.